The average molecular weight is 1410 g/mol. The van der Waals surface area contributed by atoms with Gasteiger partial charge in [-0.15, -0.1) is 0 Å². The second-order valence-electron chi connectivity index (χ2n) is 29.4. The number of quaternary nitrogens is 1. The van der Waals surface area contributed by atoms with Gasteiger partial charge in [0.15, 0.2) is 6.10 Å². The molecule has 580 valence electrons. The van der Waals surface area contributed by atoms with Crippen LogP contribution in [-0.4, -0.2) is 87.4 Å². The molecular formula is C92H160NO8+. The Kier molecular flexibility index (Phi) is 77.4. The molecule has 9 nitrogen and oxygen atoms in total. The van der Waals surface area contributed by atoms with E-state index >= 15 is 0 Å². The van der Waals surface area contributed by atoms with Gasteiger partial charge in [-0.3, -0.25) is 9.59 Å². The first-order valence-electron chi connectivity index (χ1n) is 42.3. The van der Waals surface area contributed by atoms with Crippen LogP contribution in [0.1, 0.15) is 373 Å². The lowest BCUT2D eigenvalue weighted by Gasteiger charge is -2.25. The number of hydrogen-bond acceptors (Lipinski definition) is 7. The Balaban J connectivity index is 4.02. The molecule has 0 spiro atoms. The molecular weight excluding hydrogens is 1250 g/mol. The molecule has 0 aromatic rings. The lowest BCUT2D eigenvalue weighted by molar-refractivity contribution is -0.870. The van der Waals surface area contributed by atoms with E-state index in [1.165, 1.54) is 231 Å². The summed E-state index contributed by atoms with van der Waals surface area (Å²) in [5.41, 5.74) is 0. The number of nitrogens with zero attached hydrogens (tertiary/aromatic N) is 1. The van der Waals surface area contributed by atoms with E-state index in [0.717, 1.165) is 109 Å². The quantitative estimate of drug-likeness (QED) is 0.0211. The SMILES string of the molecule is CC/C=C\C/C=C\C/C=C\C/C=C\C/C=C\C/C=C\C/C=C\C/C=C\C/C=C\CCCCCCCCCCCCCC(=O)OC(COC(=O)CCCCCCCCCCCCCCCCCCCCCCCCCCC/C=C\C/C=C\CCCCCCC)COC(OCC[N+](C)(C)C)C(=O)O. The van der Waals surface area contributed by atoms with Crippen molar-refractivity contribution < 1.29 is 42.9 Å². The molecule has 1 N–H and O–H groups in total. The summed E-state index contributed by atoms with van der Waals surface area (Å²) in [6.07, 6.45) is 115. The van der Waals surface area contributed by atoms with Crippen molar-refractivity contribution in [3.05, 3.63) is 134 Å². The van der Waals surface area contributed by atoms with Gasteiger partial charge in [0.25, 0.3) is 6.29 Å². The number of rotatable bonds is 78. The number of carbonyl (C=O) groups is 3. The Labute approximate surface area is 624 Å². The lowest BCUT2D eigenvalue weighted by Crippen LogP contribution is -2.40. The van der Waals surface area contributed by atoms with Gasteiger partial charge in [-0.05, 0) is 116 Å². The standard InChI is InChI=1S/C92H159NO8/c1-6-8-10-12-14-16-18-20-22-24-26-28-30-32-34-36-38-40-42-44-45-47-49-51-53-55-57-59-61-63-65-67-69-71-73-75-77-79-81-83-90(95)101-88(87-100-92(91(96)97)98-85-84-93(3,4)5)86-99-89(94)82-80-78-76-74-72-70-68-66-64-62-60-58-56-54-52-50-48-46-43-41-39-37-35-33-31-29-27-25-23-21-19-17-15-13-11-9-7-2/h8,10,14,16,19-22,25-28,32,34,38,40,44-45,49,51,55,57,88,92H,6-7,9,11-13,15,17-18,23-24,29-31,33,35-37,39,41-43,46-48,50,52-54,56,58-87H2,1-5H3/p+1/b10-8-,16-14-,21-19-,22-20-,27-25-,28-26-,34-32-,40-38-,45-44-,51-49-,57-55-. The van der Waals surface area contributed by atoms with E-state index in [0.29, 0.717) is 23.9 Å². The third-order valence-corrected chi connectivity index (χ3v) is 18.4. The minimum absolute atomic E-state index is 0.184. The summed E-state index contributed by atoms with van der Waals surface area (Å²) in [6.45, 7) is 4.79. The van der Waals surface area contributed by atoms with Gasteiger partial charge in [0, 0.05) is 12.8 Å². The number of ether oxygens (including phenoxy) is 4. The predicted molar refractivity (Wildman–Crippen MR) is 438 cm³/mol. The second kappa shape index (κ2) is 81.1. The Morgan fingerprint density at radius 2 is 0.564 bits per heavy atom. The van der Waals surface area contributed by atoms with Crippen molar-refractivity contribution in [2.45, 2.75) is 386 Å². The van der Waals surface area contributed by atoms with Crippen molar-refractivity contribution in [1.82, 2.24) is 0 Å². The van der Waals surface area contributed by atoms with Gasteiger partial charge in [0.05, 0.1) is 34.4 Å². The van der Waals surface area contributed by atoms with Gasteiger partial charge in [-0.2, -0.15) is 0 Å². The van der Waals surface area contributed by atoms with E-state index in [-0.39, 0.29) is 32.2 Å². The van der Waals surface area contributed by atoms with Gasteiger partial charge in [0.1, 0.15) is 13.2 Å². The molecule has 0 aliphatic carbocycles. The van der Waals surface area contributed by atoms with Crippen molar-refractivity contribution in [3.63, 3.8) is 0 Å². The van der Waals surface area contributed by atoms with Crippen molar-refractivity contribution in [3.8, 4) is 0 Å². The maximum atomic E-state index is 13.0. The van der Waals surface area contributed by atoms with Crippen molar-refractivity contribution >= 4 is 17.9 Å². The molecule has 0 aromatic heterocycles. The number of carboxylic acid groups (broad SMARTS) is 1. The molecule has 0 heterocycles. The number of hydrogen-bond donors (Lipinski definition) is 1. The predicted octanol–water partition coefficient (Wildman–Crippen LogP) is 27.6. The number of allylic oxidation sites excluding steroid dienone is 22. The number of likely N-dealkylation sites (N-methyl/N-ethyl adjacent to an activating group) is 1. The van der Waals surface area contributed by atoms with Crippen molar-refractivity contribution in [2.75, 3.05) is 47.5 Å². The first-order chi connectivity index (χ1) is 49.6. The van der Waals surface area contributed by atoms with Gasteiger partial charge < -0.3 is 28.5 Å². The summed E-state index contributed by atoms with van der Waals surface area (Å²) >= 11 is 0. The van der Waals surface area contributed by atoms with Gasteiger partial charge in [0.2, 0.25) is 0 Å². The molecule has 0 aromatic carbocycles. The molecule has 0 aliphatic heterocycles. The zero-order valence-electron chi connectivity index (χ0n) is 66.5. The fourth-order valence-electron chi connectivity index (χ4n) is 12.0. The molecule has 0 saturated carbocycles. The smallest absolute Gasteiger partial charge is 0.361 e. The summed E-state index contributed by atoms with van der Waals surface area (Å²) in [5, 5.41) is 9.79. The topological polar surface area (TPSA) is 108 Å². The minimum Gasteiger partial charge on any atom is -0.477 e. The van der Waals surface area contributed by atoms with Crippen LogP contribution in [0.3, 0.4) is 0 Å². The number of carboxylic acids is 1. The lowest BCUT2D eigenvalue weighted by atomic mass is 10.0. The molecule has 0 amide bonds. The number of carbonyl (C=O) groups excluding carboxylic acids is 2. The van der Waals surface area contributed by atoms with Crippen LogP contribution < -0.4 is 0 Å². The largest absolute Gasteiger partial charge is 0.477 e. The van der Waals surface area contributed by atoms with Crippen LogP contribution in [0.25, 0.3) is 0 Å². The van der Waals surface area contributed by atoms with Crippen LogP contribution >= 0.6 is 0 Å². The highest BCUT2D eigenvalue weighted by atomic mass is 16.7. The molecule has 2 unspecified atom stereocenters. The molecule has 0 bridgehead atoms. The van der Waals surface area contributed by atoms with Crippen LogP contribution in [0, 0.1) is 0 Å². The van der Waals surface area contributed by atoms with Crippen LogP contribution in [-0.2, 0) is 33.3 Å². The highest BCUT2D eigenvalue weighted by Crippen LogP contribution is 2.19. The number of aliphatic carboxylic acids is 1. The third-order valence-electron chi connectivity index (χ3n) is 18.4. The summed E-state index contributed by atoms with van der Waals surface area (Å²) in [6, 6.07) is 0. The molecule has 0 fully saturated rings. The first kappa shape index (κ1) is 96.4. The van der Waals surface area contributed by atoms with Crippen LogP contribution in [0.2, 0.25) is 0 Å². The van der Waals surface area contributed by atoms with E-state index in [1.807, 2.05) is 21.1 Å². The van der Waals surface area contributed by atoms with Crippen molar-refractivity contribution in [2.24, 2.45) is 0 Å². The molecule has 2 atom stereocenters. The highest BCUT2D eigenvalue weighted by molar-refractivity contribution is 5.71. The number of esters is 2. The monoisotopic (exact) mass is 1410 g/mol. The van der Waals surface area contributed by atoms with Crippen LogP contribution in [0.5, 0.6) is 0 Å². The average Bonchev–Trinajstić information content (AvgIpc) is 1.21. The summed E-state index contributed by atoms with van der Waals surface area (Å²) < 4.78 is 23.1. The van der Waals surface area contributed by atoms with E-state index in [4.69, 9.17) is 18.9 Å². The maximum absolute atomic E-state index is 13.0. The summed E-state index contributed by atoms with van der Waals surface area (Å²) in [7, 11) is 5.99. The fraction of sp³-hybridized carbons (Fsp3) is 0.728. The Hall–Kier alpha value is -4.57. The Morgan fingerprint density at radius 1 is 0.307 bits per heavy atom. The zero-order chi connectivity index (χ0) is 73.2. The van der Waals surface area contributed by atoms with Crippen LogP contribution in [0.15, 0.2) is 134 Å². The van der Waals surface area contributed by atoms with Crippen LogP contribution in [0.4, 0.5) is 0 Å². The van der Waals surface area contributed by atoms with Gasteiger partial charge >= 0.3 is 17.9 Å². The first-order valence-corrected chi connectivity index (χ1v) is 42.3. The van der Waals surface area contributed by atoms with Crippen molar-refractivity contribution in [1.29, 1.82) is 0 Å². The molecule has 0 radical (unpaired) electrons. The normalized spacial score (nSPS) is 13.3. The number of unbranched alkanes of at least 4 members (excludes halogenated alkanes) is 41. The molecule has 0 rings (SSSR count). The minimum atomic E-state index is -1.52. The second-order valence-corrected chi connectivity index (χ2v) is 29.4. The highest BCUT2D eigenvalue weighted by Gasteiger charge is 2.25. The van der Waals surface area contributed by atoms with E-state index in [9.17, 15) is 19.5 Å². The maximum Gasteiger partial charge on any atom is 0.361 e. The molecule has 9 heteroatoms. The summed E-state index contributed by atoms with van der Waals surface area (Å²) in [5.74, 6) is -2.00. The van der Waals surface area contributed by atoms with Gasteiger partial charge in [-0.1, -0.05) is 379 Å². The zero-order valence-corrected chi connectivity index (χ0v) is 66.5. The Morgan fingerprint density at radius 3 is 0.842 bits per heavy atom. The molecule has 0 aliphatic rings. The molecule has 101 heavy (non-hydrogen) atoms. The summed E-state index contributed by atoms with van der Waals surface area (Å²) in [4.78, 5) is 37.8. The molecule has 0 saturated heterocycles. The van der Waals surface area contributed by atoms with E-state index in [1.54, 1.807) is 0 Å². The van der Waals surface area contributed by atoms with Gasteiger partial charge in [-0.25, -0.2) is 4.79 Å². The van der Waals surface area contributed by atoms with E-state index < -0.39 is 24.3 Å². The Bertz CT molecular complexity index is 2130. The van der Waals surface area contributed by atoms with E-state index in [2.05, 4.69) is 148 Å². The third kappa shape index (κ3) is 82.6. The fourth-order valence-corrected chi connectivity index (χ4v) is 12.0.